The second-order valence-electron chi connectivity index (χ2n) is 7.93. The Labute approximate surface area is 197 Å². The molecule has 33 heavy (non-hydrogen) atoms. The number of methoxy groups -OCH3 is 1. The first-order chi connectivity index (χ1) is 16.0. The molecule has 2 saturated heterocycles. The highest BCUT2D eigenvalue weighted by molar-refractivity contribution is 6.46. The van der Waals surface area contributed by atoms with Crippen LogP contribution in [-0.2, 0) is 14.3 Å². The predicted octanol–water partition coefficient (Wildman–Crippen LogP) is 2.89. The number of morpholine rings is 1. The van der Waals surface area contributed by atoms with Gasteiger partial charge < -0.3 is 19.5 Å². The van der Waals surface area contributed by atoms with Crippen molar-refractivity contribution in [1.29, 1.82) is 0 Å². The van der Waals surface area contributed by atoms with E-state index in [1.54, 1.807) is 36.7 Å². The number of nitrogens with zero attached hydrogens (tertiary/aromatic N) is 3. The molecule has 0 aliphatic carbocycles. The molecule has 1 N–H and O–H groups in total. The van der Waals surface area contributed by atoms with Gasteiger partial charge in [0.25, 0.3) is 11.7 Å². The highest BCUT2D eigenvalue weighted by Gasteiger charge is 2.45. The Morgan fingerprint density at radius 2 is 1.91 bits per heavy atom. The van der Waals surface area contributed by atoms with Gasteiger partial charge in [-0.1, -0.05) is 11.6 Å². The molecule has 1 atom stereocenters. The highest BCUT2D eigenvalue weighted by Crippen LogP contribution is 2.40. The Morgan fingerprint density at radius 1 is 1.18 bits per heavy atom. The molecule has 1 amide bonds. The van der Waals surface area contributed by atoms with Gasteiger partial charge in [-0.2, -0.15) is 0 Å². The van der Waals surface area contributed by atoms with Crippen molar-refractivity contribution in [3.8, 4) is 5.75 Å². The molecule has 9 heteroatoms. The van der Waals surface area contributed by atoms with E-state index >= 15 is 0 Å². The van der Waals surface area contributed by atoms with Crippen molar-refractivity contribution in [2.24, 2.45) is 0 Å². The molecule has 1 aromatic carbocycles. The number of ketones is 1. The van der Waals surface area contributed by atoms with Crippen LogP contribution in [0, 0.1) is 0 Å². The minimum absolute atomic E-state index is 0.0406. The topological polar surface area (TPSA) is 92.2 Å². The fourth-order valence-corrected chi connectivity index (χ4v) is 4.52. The Morgan fingerprint density at radius 3 is 2.58 bits per heavy atom. The van der Waals surface area contributed by atoms with E-state index in [0.717, 1.165) is 19.6 Å². The molecule has 2 aromatic rings. The van der Waals surface area contributed by atoms with Gasteiger partial charge >= 0.3 is 0 Å². The summed E-state index contributed by atoms with van der Waals surface area (Å²) in [5, 5.41) is 11.4. The zero-order chi connectivity index (χ0) is 23.4. The summed E-state index contributed by atoms with van der Waals surface area (Å²) >= 11 is 6.23. The number of aliphatic hydroxyl groups is 1. The van der Waals surface area contributed by atoms with E-state index in [1.165, 1.54) is 18.1 Å². The molecule has 2 fully saturated rings. The fraction of sp³-hybridized carbons (Fsp3) is 0.375. The number of benzene rings is 1. The molecule has 174 valence electrons. The highest BCUT2D eigenvalue weighted by atomic mass is 35.5. The summed E-state index contributed by atoms with van der Waals surface area (Å²) in [4.78, 5) is 34.0. The zero-order valence-electron chi connectivity index (χ0n) is 18.4. The van der Waals surface area contributed by atoms with Gasteiger partial charge in [0.2, 0.25) is 0 Å². The Bertz CT molecular complexity index is 1050. The minimum Gasteiger partial charge on any atom is -0.507 e. The van der Waals surface area contributed by atoms with Crippen molar-refractivity contribution < 1.29 is 24.2 Å². The Kier molecular flexibility index (Phi) is 7.27. The summed E-state index contributed by atoms with van der Waals surface area (Å²) in [7, 11) is 1.49. The summed E-state index contributed by atoms with van der Waals surface area (Å²) in [6, 6.07) is 7.52. The van der Waals surface area contributed by atoms with Crippen LogP contribution in [0.5, 0.6) is 5.75 Å². The molecule has 4 rings (SSSR count). The normalized spacial score (nSPS) is 20.9. The predicted molar refractivity (Wildman–Crippen MR) is 123 cm³/mol. The van der Waals surface area contributed by atoms with E-state index in [4.69, 9.17) is 21.1 Å². The molecule has 2 aliphatic heterocycles. The van der Waals surface area contributed by atoms with Gasteiger partial charge in [0.1, 0.15) is 11.5 Å². The van der Waals surface area contributed by atoms with Gasteiger partial charge in [0.15, 0.2) is 0 Å². The lowest BCUT2D eigenvalue weighted by Crippen LogP contribution is -2.38. The van der Waals surface area contributed by atoms with Crippen LogP contribution in [0.25, 0.3) is 5.76 Å². The first-order valence-corrected chi connectivity index (χ1v) is 11.2. The zero-order valence-corrected chi connectivity index (χ0v) is 19.1. The second kappa shape index (κ2) is 10.3. The van der Waals surface area contributed by atoms with Crippen LogP contribution in [0.4, 0.5) is 0 Å². The van der Waals surface area contributed by atoms with Gasteiger partial charge in [-0.05, 0) is 42.3 Å². The number of pyridine rings is 1. The number of rotatable bonds is 7. The third-order valence-corrected chi connectivity index (χ3v) is 6.26. The maximum Gasteiger partial charge on any atom is 0.295 e. The molecule has 0 bridgehead atoms. The summed E-state index contributed by atoms with van der Waals surface area (Å²) < 4.78 is 10.6. The van der Waals surface area contributed by atoms with Crippen LogP contribution in [-0.4, -0.2) is 78.1 Å². The van der Waals surface area contributed by atoms with E-state index in [-0.39, 0.29) is 11.3 Å². The quantitative estimate of drug-likeness (QED) is 0.377. The molecule has 3 heterocycles. The van der Waals surface area contributed by atoms with E-state index in [0.29, 0.717) is 48.1 Å². The number of Topliss-reactive ketones (excluding diaryl/α,β-unsaturated/α-hetero) is 1. The first kappa shape index (κ1) is 23.2. The smallest absolute Gasteiger partial charge is 0.295 e. The van der Waals surface area contributed by atoms with Gasteiger partial charge in [0.05, 0.1) is 37.0 Å². The number of carbonyl (C=O) groups excluding carboxylic acids is 2. The van der Waals surface area contributed by atoms with Crippen LogP contribution < -0.4 is 4.74 Å². The first-order valence-electron chi connectivity index (χ1n) is 10.8. The van der Waals surface area contributed by atoms with Crippen molar-refractivity contribution >= 4 is 29.1 Å². The SMILES string of the molecule is COc1ccc(/C(O)=C2\C(=O)C(=O)N(CCCN3CCOCC3)[C@@H]2c2ccncc2)cc1Cl. The van der Waals surface area contributed by atoms with Crippen molar-refractivity contribution in [2.45, 2.75) is 12.5 Å². The number of aromatic nitrogens is 1. The number of halogens is 1. The minimum atomic E-state index is -0.715. The third kappa shape index (κ3) is 4.88. The van der Waals surface area contributed by atoms with Crippen molar-refractivity contribution in [3.05, 3.63) is 64.4 Å². The number of carbonyl (C=O) groups is 2. The van der Waals surface area contributed by atoms with Crippen molar-refractivity contribution in [2.75, 3.05) is 46.5 Å². The Hall–Kier alpha value is -2.94. The molecular weight excluding hydrogens is 446 g/mol. The van der Waals surface area contributed by atoms with Gasteiger partial charge in [-0.3, -0.25) is 19.5 Å². The lowest BCUT2D eigenvalue weighted by molar-refractivity contribution is -0.140. The Balaban J connectivity index is 1.66. The van der Waals surface area contributed by atoms with E-state index in [2.05, 4.69) is 9.88 Å². The molecular formula is C24H26ClN3O5. The van der Waals surface area contributed by atoms with E-state index in [9.17, 15) is 14.7 Å². The molecule has 8 nitrogen and oxygen atoms in total. The number of ether oxygens (including phenoxy) is 2. The van der Waals surface area contributed by atoms with Crippen LogP contribution in [0.3, 0.4) is 0 Å². The molecule has 2 aliphatic rings. The largest absolute Gasteiger partial charge is 0.507 e. The second-order valence-corrected chi connectivity index (χ2v) is 8.34. The number of hydrogen-bond acceptors (Lipinski definition) is 7. The number of hydrogen-bond donors (Lipinski definition) is 1. The fourth-order valence-electron chi connectivity index (χ4n) is 4.26. The van der Waals surface area contributed by atoms with Crippen LogP contribution >= 0.6 is 11.6 Å². The van der Waals surface area contributed by atoms with Crippen molar-refractivity contribution in [1.82, 2.24) is 14.8 Å². The standard InChI is InChI=1S/C24H26ClN3O5/c1-32-19-4-3-17(15-18(19)25)22(29)20-21(16-5-7-26-8-6-16)28(24(31)23(20)30)10-2-9-27-11-13-33-14-12-27/h3-8,15,21,29H,2,9-14H2,1H3/b22-20+/t21-/m1/s1. The monoisotopic (exact) mass is 471 g/mol. The average Bonchev–Trinajstić information content (AvgIpc) is 3.10. The van der Waals surface area contributed by atoms with Crippen LogP contribution in [0.1, 0.15) is 23.6 Å². The van der Waals surface area contributed by atoms with E-state index < -0.39 is 17.7 Å². The van der Waals surface area contributed by atoms with Gasteiger partial charge in [-0.25, -0.2) is 0 Å². The van der Waals surface area contributed by atoms with Gasteiger partial charge in [-0.15, -0.1) is 0 Å². The summed E-state index contributed by atoms with van der Waals surface area (Å²) in [5.41, 5.74) is 1.08. The maximum absolute atomic E-state index is 13.1. The van der Waals surface area contributed by atoms with Crippen LogP contribution in [0.15, 0.2) is 48.3 Å². The molecule has 0 spiro atoms. The molecule has 0 saturated carbocycles. The van der Waals surface area contributed by atoms with Gasteiger partial charge in [0, 0.05) is 44.1 Å². The van der Waals surface area contributed by atoms with E-state index in [1.807, 2.05) is 0 Å². The lowest BCUT2D eigenvalue weighted by Gasteiger charge is -2.29. The number of likely N-dealkylation sites (tertiary alicyclic amines) is 1. The number of aliphatic hydroxyl groups excluding tert-OH is 1. The lowest BCUT2D eigenvalue weighted by atomic mass is 9.96. The number of amides is 1. The molecule has 1 aromatic heterocycles. The molecule has 0 unspecified atom stereocenters. The maximum atomic E-state index is 13.1. The van der Waals surface area contributed by atoms with Crippen molar-refractivity contribution in [3.63, 3.8) is 0 Å². The molecule has 0 radical (unpaired) electrons. The average molecular weight is 472 g/mol. The third-order valence-electron chi connectivity index (χ3n) is 5.96. The summed E-state index contributed by atoms with van der Waals surface area (Å²) in [6.45, 7) is 4.28. The van der Waals surface area contributed by atoms with Crippen LogP contribution in [0.2, 0.25) is 5.02 Å². The summed E-state index contributed by atoms with van der Waals surface area (Å²) in [5.74, 6) is -1.16. The summed E-state index contributed by atoms with van der Waals surface area (Å²) in [6.07, 6.45) is 3.91.